The molecule has 2 N–H and O–H groups in total. The first-order valence-electron chi connectivity index (χ1n) is 7.10. The van der Waals surface area contributed by atoms with Crippen molar-refractivity contribution in [2.75, 3.05) is 13.1 Å². The van der Waals surface area contributed by atoms with Crippen molar-refractivity contribution in [1.82, 2.24) is 4.90 Å². The highest BCUT2D eigenvalue weighted by atomic mass is 35.5. The summed E-state index contributed by atoms with van der Waals surface area (Å²) in [7, 11) is 0. The van der Waals surface area contributed by atoms with E-state index in [1.807, 2.05) is 24.0 Å². The summed E-state index contributed by atoms with van der Waals surface area (Å²) in [6, 6.07) is 6.13. The second kappa shape index (κ2) is 6.08. The fourth-order valence-corrected chi connectivity index (χ4v) is 2.67. The third-order valence-corrected chi connectivity index (χ3v) is 4.17. The summed E-state index contributed by atoms with van der Waals surface area (Å²) in [5.74, 6) is 0.406. The van der Waals surface area contributed by atoms with E-state index in [2.05, 4.69) is 13.0 Å². The Morgan fingerprint density at radius 1 is 1.19 bits per heavy atom. The van der Waals surface area contributed by atoms with Gasteiger partial charge in [-0.3, -0.25) is 4.79 Å². The molecule has 0 radical (unpaired) electrons. The van der Waals surface area contributed by atoms with E-state index < -0.39 is 0 Å². The summed E-state index contributed by atoms with van der Waals surface area (Å²) >= 11 is 0. The van der Waals surface area contributed by atoms with Crippen LogP contribution in [0.2, 0.25) is 0 Å². The molecule has 2 heterocycles. The van der Waals surface area contributed by atoms with Crippen molar-refractivity contribution in [3.63, 3.8) is 0 Å². The zero-order chi connectivity index (χ0) is 14.3. The van der Waals surface area contributed by atoms with Gasteiger partial charge >= 0.3 is 0 Å². The maximum atomic E-state index is 12.4. The second-order valence-electron chi connectivity index (χ2n) is 5.71. The number of hydrogen-bond donors (Lipinski definition) is 1. The number of hydrogen-bond acceptors (Lipinski definition) is 3. The zero-order valence-electron chi connectivity index (χ0n) is 12.4. The van der Waals surface area contributed by atoms with Crippen molar-refractivity contribution >= 4 is 29.3 Å². The fraction of sp³-hybridized carbons (Fsp3) is 0.438. The maximum absolute atomic E-state index is 12.4. The molecule has 0 saturated carbocycles. The van der Waals surface area contributed by atoms with Gasteiger partial charge in [-0.25, -0.2) is 0 Å². The summed E-state index contributed by atoms with van der Waals surface area (Å²) in [6.07, 6.45) is 1.73. The number of aryl methyl sites for hydroxylation is 2. The van der Waals surface area contributed by atoms with Gasteiger partial charge in [-0.2, -0.15) is 0 Å². The van der Waals surface area contributed by atoms with Gasteiger partial charge in [0.1, 0.15) is 5.58 Å². The lowest BCUT2D eigenvalue weighted by Crippen LogP contribution is -2.42. The fourth-order valence-electron chi connectivity index (χ4n) is 2.67. The first-order chi connectivity index (χ1) is 9.54. The van der Waals surface area contributed by atoms with Crippen LogP contribution in [0.5, 0.6) is 0 Å². The Morgan fingerprint density at radius 3 is 2.48 bits per heavy atom. The monoisotopic (exact) mass is 308 g/mol. The van der Waals surface area contributed by atoms with Crippen molar-refractivity contribution in [3.05, 3.63) is 35.1 Å². The van der Waals surface area contributed by atoms with Crippen LogP contribution in [0.3, 0.4) is 0 Å². The number of furan rings is 1. The number of nitrogens with zero attached hydrogens (tertiary/aromatic N) is 1. The van der Waals surface area contributed by atoms with Gasteiger partial charge in [0.25, 0.3) is 5.91 Å². The molecule has 0 spiro atoms. The van der Waals surface area contributed by atoms with Gasteiger partial charge in [-0.15, -0.1) is 12.4 Å². The lowest BCUT2D eigenvalue weighted by atomic mass is 10.1. The molecule has 1 aromatic carbocycles. The number of piperidine rings is 1. The van der Waals surface area contributed by atoms with Gasteiger partial charge in [-0.05, 0) is 56.0 Å². The lowest BCUT2D eigenvalue weighted by Gasteiger charge is -2.29. The van der Waals surface area contributed by atoms with E-state index >= 15 is 0 Å². The van der Waals surface area contributed by atoms with Crippen LogP contribution in [0, 0.1) is 13.8 Å². The summed E-state index contributed by atoms with van der Waals surface area (Å²) in [5, 5.41) is 0.991. The van der Waals surface area contributed by atoms with Crippen molar-refractivity contribution in [2.24, 2.45) is 5.73 Å². The number of fused-ring (bicyclic) bond motifs is 1. The molecule has 0 unspecified atom stereocenters. The Morgan fingerprint density at radius 2 is 1.81 bits per heavy atom. The van der Waals surface area contributed by atoms with Gasteiger partial charge in [-0.1, -0.05) is 0 Å². The van der Waals surface area contributed by atoms with Gasteiger partial charge in [0.15, 0.2) is 5.76 Å². The van der Waals surface area contributed by atoms with Gasteiger partial charge in [0.05, 0.1) is 0 Å². The highest BCUT2D eigenvalue weighted by Crippen LogP contribution is 2.24. The standard InChI is InChI=1S/C16H20N2O2.ClH/c1-10-7-12-9-15(20-14(12)8-11(10)2)16(19)18-5-3-13(17)4-6-18;/h7-9,13H,3-6,17H2,1-2H3;1H. The SMILES string of the molecule is Cc1cc2cc(C(=O)N3CCC(N)CC3)oc2cc1C.Cl. The summed E-state index contributed by atoms with van der Waals surface area (Å²) < 4.78 is 5.72. The zero-order valence-corrected chi connectivity index (χ0v) is 13.2. The van der Waals surface area contributed by atoms with Crippen LogP contribution in [-0.2, 0) is 0 Å². The molecule has 1 aromatic heterocycles. The molecule has 2 aromatic rings. The summed E-state index contributed by atoms with van der Waals surface area (Å²) in [6.45, 7) is 5.55. The molecule has 1 fully saturated rings. The van der Waals surface area contributed by atoms with Crippen molar-refractivity contribution in [3.8, 4) is 0 Å². The molecule has 1 aliphatic rings. The van der Waals surface area contributed by atoms with Crippen LogP contribution < -0.4 is 5.73 Å². The first kappa shape index (κ1) is 15.9. The molecule has 5 heteroatoms. The normalized spacial score (nSPS) is 16.0. The topological polar surface area (TPSA) is 59.5 Å². The Hall–Kier alpha value is -1.52. The molecule has 0 atom stereocenters. The van der Waals surface area contributed by atoms with Crippen LogP contribution in [-0.4, -0.2) is 29.9 Å². The third-order valence-electron chi connectivity index (χ3n) is 4.17. The van der Waals surface area contributed by atoms with Crippen LogP contribution in [0.25, 0.3) is 11.0 Å². The van der Waals surface area contributed by atoms with E-state index in [1.165, 1.54) is 11.1 Å². The number of amides is 1. The van der Waals surface area contributed by atoms with Crippen molar-refractivity contribution in [2.45, 2.75) is 32.7 Å². The molecular weight excluding hydrogens is 288 g/mol. The molecule has 4 nitrogen and oxygen atoms in total. The predicted octanol–water partition coefficient (Wildman–Crippen LogP) is 3.03. The predicted molar refractivity (Wildman–Crippen MR) is 86.0 cm³/mol. The van der Waals surface area contributed by atoms with E-state index in [-0.39, 0.29) is 24.4 Å². The molecule has 21 heavy (non-hydrogen) atoms. The lowest BCUT2D eigenvalue weighted by molar-refractivity contribution is 0.0685. The Labute approximate surface area is 130 Å². The van der Waals surface area contributed by atoms with E-state index in [0.717, 1.165) is 36.9 Å². The molecule has 1 saturated heterocycles. The molecule has 0 bridgehead atoms. The third kappa shape index (κ3) is 3.06. The molecule has 3 rings (SSSR count). The number of halogens is 1. The minimum atomic E-state index is -0.0246. The number of carbonyl (C=O) groups is 1. The number of nitrogens with two attached hydrogens (primary N) is 1. The Kier molecular flexibility index (Phi) is 4.59. The van der Waals surface area contributed by atoms with Crippen LogP contribution >= 0.6 is 12.4 Å². The summed E-state index contributed by atoms with van der Waals surface area (Å²) in [4.78, 5) is 14.3. The maximum Gasteiger partial charge on any atom is 0.289 e. The Bertz CT molecular complexity index is 619. The number of carbonyl (C=O) groups excluding carboxylic acids is 1. The molecule has 1 amide bonds. The highest BCUT2D eigenvalue weighted by Gasteiger charge is 2.24. The summed E-state index contributed by atoms with van der Waals surface area (Å²) in [5.41, 5.74) is 9.04. The second-order valence-corrected chi connectivity index (χ2v) is 5.71. The van der Waals surface area contributed by atoms with Crippen LogP contribution in [0.1, 0.15) is 34.5 Å². The van der Waals surface area contributed by atoms with Gasteiger partial charge in [0.2, 0.25) is 0 Å². The molecule has 0 aliphatic carbocycles. The molecule has 114 valence electrons. The van der Waals surface area contributed by atoms with E-state index in [0.29, 0.717) is 5.76 Å². The van der Waals surface area contributed by atoms with Gasteiger partial charge in [0, 0.05) is 24.5 Å². The van der Waals surface area contributed by atoms with E-state index in [9.17, 15) is 4.79 Å². The minimum absolute atomic E-state index is 0. The van der Waals surface area contributed by atoms with E-state index in [1.54, 1.807) is 0 Å². The minimum Gasteiger partial charge on any atom is -0.451 e. The number of benzene rings is 1. The smallest absolute Gasteiger partial charge is 0.289 e. The first-order valence-corrected chi connectivity index (χ1v) is 7.10. The van der Waals surface area contributed by atoms with Crippen molar-refractivity contribution < 1.29 is 9.21 Å². The van der Waals surface area contributed by atoms with Crippen LogP contribution in [0.4, 0.5) is 0 Å². The Balaban J connectivity index is 0.00000161. The molecule has 1 aliphatic heterocycles. The average Bonchev–Trinajstić information content (AvgIpc) is 2.82. The number of rotatable bonds is 1. The average molecular weight is 309 g/mol. The quantitative estimate of drug-likeness (QED) is 0.881. The van der Waals surface area contributed by atoms with Gasteiger partial charge < -0.3 is 15.1 Å². The van der Waals surface area contributed by atoms with Crippen molar-refractivity contribution in [1.29, 1.82) is 0 Å². The van der Waals surface area contributed by atoms with Crippen LogP contribution in [0.15, 0.2) is 22.6 Å². The van der Waals surface area contributed by atoms with E-state index in [4.69, 9.17) is 10.2 Å². The molecular formula is C16H21ClN2O2. The largest absolute Gasteiger partial charge is 0.451 e. The number of likely N-dealkylation sites (tertiary alicyclic amines) is 1. The highest BCUT2D eigenvalue weighted by molar-refractivity contribution is 5.96.